The van der Waals surface area contributed by atoms with Gasteiger partial charge >= 0.3 is 0 Å². The predicted octanol–water partition coefficient (Wildman–Crippen LogP) is 5.80. The Morgan fingerprint density at radius 1 is 0.979 bits per heavy atom. The van der Waals surface area contributed by atoms with E-state index in [2.05, 4.69) is 15.2 Å². The molecule has 0 unspecified atom stereocenters. The van der Waals surface area contributed by atoms with E-state index in [-0.39, 0.29) is 11.4 Å². The van der Waals surface area contributed by atoms with Gasteiger partial charge in [0.15, 0.2) is 23.1 Å². The van der Waals surface area contributed by atoms with Crippen LogP contribution in [0.25, 0.3) is 10.9 Å². The van der Waals surface area contributed by atoms with Gasteiger partial charge < -0.3 is 29.2 Å². The van der Waals surface area contributed by atoms with Crippen LogP contribution in [0.4, 0.5) is 20.2 Å². The van der Waals surface area contributed by atoms with E-state index in [1.54, 1.807) is 31.5 Å². The third-order valence-electron chi connectivity index (χ3n) is 8.49. The van der Waals surface area contributed by atoms with Gasteiger partial charge in [0.1, 0.15) is 17.0 Å². The first-order valence-electron chi connectivity index (χ1n) is 15.5. The third kappa shape index (κ3) is 7.13. The Balaban J connectivity index is 1.11. The van der Waals surface area contributed by atoms with Crippen molar-refractivity contribution in [3.05, 3.63) is 78.5 Å². The number of pyridine rings is 1. The molecule has 0 radical (unpaired) electrons. The van der Waals surface area contributed by atoms with E-state index in [0.29, 0.717) is 53.3 Å². The smallest absolute Gasteiger partial charge is 0.242 e. The number of carbonyl (C=O) groups excluding carboxylic acids is 2. The Morgan fingerprint density at radius 3 is 2.45 bits per heavy atom. The lowest BCUT2D eigenvalue weighted by Crippen LogP contribution is -2.41. The number of methoxy groups -OCH3 is 1. The summed E-state index contributed by atoms with van der Waals surface area (Å²) >= 11 is 0. The highest BCUT2D eigenvalue weighted by atomic mass is 19.1. The standard InChI is InChI=1S/C35H36F2N4O6/c1-40(25-7-4-23(36)5-8-25)34(43)35(11-12-35)33(42)39-24-6-9-30(27(37)20-24)47-29-10-13-38-28-22-32(31(44-2)21-26(28)29)46-17-3-14-41-15-18-45-19-16-41/h4-10,13,20-22H,3,11-12,14-19H2,1-2H3,(H,39,42). The van der Waals surface area contributed by atoms with Crippen molar-refractivity contribution >= 4 is 34.1 Å². The molecule has 6 rings (SSSR count). The van der Waals surface area contributed by atoms with Gasteiger partial charge in [-0.25, -0.2) is 8.78 Å². The van der Waals surface area contributed by atoms with E-state index >= 15 is 4.39 Å². The second-order valence-electron chi connectivity index (χ2n) is 11.6. The fourth-order valence-electron chi connectivity index (χ4n) is 5.58. The highest BCUT2D eigenvalue weighted by Crippen LogP contribution is 2.48. The molecule has 1 N–H and O–H groups in total. The maximum Gasteiger partial charge on any atom is 0.242 e. The quantitative estimate of drug-likeness (QED) is 0.152. The molecule has 246 valence electrons. The molecule has 2 fully saturated rings. The van der Waals surface area contributed by atoms with Gasteiger partial charge in [0.05, 0.1) is 32.4 Å². The SMILES string of the molecule is COc1cc2c(Oc3ccc(NC(=O)C4(C(=O)N(C)c5ccc(F)cc5)CC4)cc3F)ccnc2cc1OCCCN1CCOCC1. The summed E-state index contributed by atoms with van der Waals surface area (Å²) in [7, 11) is 3.08. The van der Waals surface area contributed by atoms with Gasteiger partial charge in [0, 0.05) is 61.8 Å². The summed E-state index contributed by atoms with van der Waals surface area (Å²) in [5.41, 5.74) is -0.0388. The summed E-state index contributed by atoms with van der Waals surface area (Å²) in [5.74, 6) is -0.744. The van der Waals surface area contributed by atoms with Crippen molar-refractivity contribution in [2.75, 3.05) is 63.8 Å². The monoisotopic (exact) mass is 646 g/mol. The van der Waals surface area contributed by atoms with Crippen LogP contribution in [0.1, 0.15) is 19.3 Å². The summed E-state index contributed by atoms with van der Waals surface area (Å²) in [4.78, 5) is 34.5. The molecule has 1 saturated heterocycles. The summed E-state index contributed by atoms with van der Waals surface area (Å²) in [6.45, 7) is 4.76. The van der Waals surface area contributed by atoms with Gasteiger partial charge in [-0.2, -0.15) is 0 Å². The molecule has 10 nitrogen and oxygen atoms in total. The number of morpholine rings is 1. The molecule has 4 aromatic rings. The Bertz CT molecular complexity index is 1760. The molecule has 0 atom stereocenters. The first-order chi connectivity index (χ1) is 22.8. The summed E-state index contributed by atoms with van der Waals surface area (Å²) in [5, 5.41) is 3.27. The van der Waals surface area contributed by atoms with Crippen LogP contribution in [0.15, 0.2) is 66.9 Å². The maximum atomic E-state index is 15.3. The number of hydrogen-bond acceptors (Lipinski definition) is 8. The van der Waals surface area contributed by atoms with E-state index in [1.165, 1.54) is 48.3 Å². The topological polar surface area (TPSA) is 102 Å². The lowest BCUT2D eigenvalue weighted by Gasteiger charge is -2.26. The van der Waals surface area contributed by atoms with E-state index in [1.807, 2.05) is 0 Å². The Hall–Kier alpha value is -4.81. The molecule has 0 spiro atoms. The zero-order valence-electron chi connectivity index (χ0n) is 26.3. The lowest BCUT2D eigenvalue weighted by atomic mass is 10.0. The molecule has 1 aliphatic heterocycles. The van der Waals surface area contributed by atoms with Crippen molar-refractivity contribution in [2.45, 2.75) is 19.3 Å². The van der Waals surface area contributed by atoms with Crippen molar-refractivity contribution in [1.82, 2.24) is 9.88 Å². The van der Waals surface area contributed by atoms with Crippen LogP contribution in [-0.2, 0) is 14.3 Å². The van der Waals surface area contributed by atoms with Crippen LogP contribution in [0.2, 0.25) is 0 Å². The number of anilines is 2. The Morgan fingerprint density at radius 2 is 1.74 bits per heavy atom. The van der Waals surface area contributed by atoms with Crippen molar-refractivity contribution in [2.24, 2.45) is 5.41 Å². The van der Waals surface area contributed by atoms with Crippen molar-refractivity contribution < 1.29 is 37.3 Å². The maximum absolute atomic E-state index is 15.3. The molecule has 1 aliphatic carbocycles. The minimum absolute atomic E-state index is 0.0637. The van der Waals surface area contributed by atoms with Gasteiger partial charge in [-0.1, -0.05) is 0 Å². The number of rotatable bonds is 12. The van der Waals surface area contributed by atoms with Crippen LogP contribution < -0.4 is 24.4 Å². The highest BCUT2D eigenvalue weighted by Gasteiger charge is 2.57. The number of benzene rings is 3. The number of hydrogen-bond donors (Lipinski definition) is 1. The number of carbonyl (C=O) groups is 2. The molecule has 3 aromatic carbocycles. The number of aromatic nitrogens is 1. The van der Waals surface area contributed by atoms with Crippen molar-refractivity contribution in [3.8, 4) is 23.0 Å². The second kappa shape index (κ2) is 13.9. The van der Waals surface area contributed by atoms with Crippen LogP contribution >= 0.6 is 0 Å². The number of fused-ring (bicyclic) bond motifs is 1. The first-order valence-corrected chi connectivity index (χ1v) is 15.5. The molecule has 2 heterocycles. The number of amides is 2. The zero-order valence-corrected chi connectivity index (χ0v) is 26.3. The van der Waals surface area contributed by atoms with Gasteiger partial charge in [0.2, 0.25) is 11.8 Å². The number of nitrogens with one attached hydrogen (secondary N) is 1. The average molecular weight is 647 g/mol. The number of halogens is 2. The van der Waals surface area contributed by atoms with E-state index in [0.717, 1.165) is 45.3 Å². The van der Waals surface area contributed by atoms with E-state index < -0.39 is 28.9 Å². The van der Waals surface area contributed by atoms with Gasteiger partial charge in [0.25, 0.3) is 0 Å². The molecule has 1 aromatic heterocycles. The number of ether oxygens (including phenoxy) is 4. The summed E-state index contributed by atoms with van der Waals surface area (Å²) < 4.78 is 51.6. The molecule has 2 amide bonds. The third-order valence-corrected chi connectivity index (χ3v) is 8.49. The van der Waals surface area contributed by atoms with Crippen LogP contribution in [0.5, 0.6) is 23.0 Å². The molecule has 47 heavy (non-hydrogen) atoms. The van der Waals surface area contributed by atoms with Crippen LogP contribution in [0.3, 0.4) is 0 Å². The zero-order chi connectivity index (χ0) is 33.0. The summed E-state index contributed by atoms with van der Waals surface area (Å²) in [6.07, 6.45) is 3.12. The van der Waals surface area contributed by atoms with Crippen molar-refractivity contribution in [1.29, 1.82) is 0 Å². The van der Waals surface area contributed by atoms with E-state index in [9.17, 15) is 14.0 Å². The summed E-state index contributed by atoms with van der Waals surface area (Å²) in [6, 6.07) is 14.6. The molecular weight excluding hydrogens is 610 g/mol. The molecule has 2 aliphatic rings. The molecule has 12 heteroatoms. The minimum Gasteiger partial charge on any atom is -0.493 e. The number of nitrogens with zero attached hydrogens (tertiary/aromatic N) is 3. The second-order valence-corrected chi connectivity index (χ2v) is 11.6. The van der Waals surface area contributed by atoms with Crippen LogP contribution in [-0.4, -0.2) is 75.3 Å². The van der Waals surface area contributed by atoms with Gasteiger partial charge in [-0.15, -0.1) is 0 Å². The molecule has 0 bridgehead atoms. The van der Waals surface area contributed by atoms with Gasteiger partial charge in [-0.3, -0.25) is 19.5 Å². The largest absolute Gasteiger partial charge is 0.493 e. The fraction of sp³-hybridized carbons (Fsp3) is 0.343. The average Bonchev–Trinajstić information content (AvgIpc) is 3.90. The van der Waals surface area contributed by atoms with Crippen LogP contribution in [0, 0.1) is 17.0 Å². The predicted molar refractivity (Wildman–Crippen MR) is 172 cm³/mol. The fourth-order valence-corrected chi connectivity index (χ4v) is 5.58. The van der Waals surface area contributed by atoms with E-state index in [4.69, 9.17) is 18.9 Å². The Labute approximate surface area is 271 Å². The molecule has 1 saturated carbocycles. The molecular formula is C35H36F2N4O6. The van der Waals surface area contributed by atoms with Crippen molar-refractivity contribution in [3.63, 3.8) is 0 Å². The Kier molecular flexibility index (Phi) is 9.50. The highest BCUT2D eigenvalue weighted by molar-refractivity contribution is 6.17. The lowest BCUT2D eigenvalue weighted by molar-refractivity contribution is -0.132. The minimum atomic E-state index is -1.27. The normalized spacial score (nSPS) is 15.6. The van der Waals surface area contributed by atoms with Gasteiger partial charge in [-0.05, 0) is 67.8 Å². The first kappa shape index (κ1) is 32.1.